The van der Waals surface area contributed by atoms with Crippen LogP contribution in [-0.2, 0) is 7.05 Å². The summed E-state index contributed by atoms with van der Waals surface area (Å²) in [5.41, 5.74) is 4.09. The van der Waals surface area contributed by atoms with Gasteiger partial charge in [0, 0.05) is 45.1 Å². The third kappa shape index (κ3) is 2.16. The quantitative estimate of drug-likeness (QED) is 0.438. The third-order valence-corrected chi connectivity index (χ3v) is 4.35. The highest BCUT2D eigenvalue weighted by molar-refractivity contribution is 6.31. The SMILES string of the molecule is Cn1cc(-c2ccc3cc(Cl)ccc3n2)c2ccc(Cl)cc21. The number of aryl methyl sites for hydroxylation is 1. The molecule has 2 nitrogen and oxygen atoms in total. The average Bonchev–Trinajstić information content (AvgIpc) is 2.83. The van der Waals surface area contributed by atoms with E-state index in [1.807, 2.05) is 49.5 Å². The Hall–Kier alpha value is -2.03. The van der Waals surface area contributed by atoms with E-state index in [-0.39, 0.29) is 0 Å². The molecule has 0 saturated heterocycles. The second-order valence-corrected chi connectivity index (χ2v) is 6.22. The van der Waals surface area contributed by atoms with Crippen LogP contribution in [0.2, 0.25) is 10.0 Å². The molecule has 0 unspecified atom stereocenters. The van der Waals surface area contributed by atoms with E-state index in [2.05, 4.69) is 16.8 Å². The van der Waals surface area contributed by atoms with Crippen molar-refractivity contribution in [1.29, 1.82) is 0 Å². The molecule has 2 aromatic heterocycles. The van der Waals surface area contributed by atoms with Crippen LogP contribution in [0.5, 0.6) is 0 Å². The van der Waals surface area contributed by atoms with Gasteiger partial charge in [-0.15, -0.1) is 0 Å². The first-order chi connectivity index (χ1) is 10.6. The van der Waals surface area contributed by atoms with E-state index in [0.717, 1.165) is 43.1 Å². The fourth-order valence-electron chi connectivity index (χ4n) is 2.81. The number of benzene rings is 2. The summed E-state index contributed by atoms with van der Waals surface area (Å²) < 4.78 is 2.07. The number of hydrogen-bond donors (Lipinski definition) is 0. The normalized spacial score (nSPS) is 11.4. The van der Waals surface area contributed by atoms with E-state index in [4.69, 9.17) is 28.2 Å². The van der Waals surface area contributed by atoms with Crippen molar-refractivity contribution in [1.82, 2.24) is 9.55 Å². The molecule has 0 aliphatic heterocycles. The molecule has 0 bridgehead atoms. The van der Waals surface area contributed by atoms with Crippen LogP contribution in [0, 0.1) is 0 Å². The van der Waals surface area contributed by atoms with Gasteiger partial charge in [-0.25, -0.2) is 4.98 Å². The molecule has 4 aromatic rings. The monoisotopic (exact) mass is 326 g/mol. The summed E-state index contributed by atoms with van der Waals surface area (Å²) in [6.45, 7) is 0. The van der Waals surface area contributed by atoms with E-state index in [1.165, 1.54) is 0 Å². The van der Waals surface area contributed by atoms with Gasteiger partial charge in [-0.1, -0.05) is 35.3 Å². The molecule has 0 amide bonds. The molecule has 4 heteroatoms. The fourth-order valence-corrected chi connectivity index (χ4v) is 3.15. The van der Waals surface area contributed by atoms with Crippen molar-refractivity contribution >= 4 is 45.0 Å². The minimum Gasteiger partial charge on any atom is -0.350 e. The maximum absolute atomic E-state index is 6.10. The van der Waals surface area contributed by atoms with Crippen molar-refractivity contribution in [2.45, 2.75) is 0 Å². The van der Waals surface area contributed by atoms with Gasteiger partial charge < -0.3 is 4.57 Å². The number of aromatic nitrogens is 2. The summed E-state index contributed by atoms with van der Waals surface area (Å²) >= 11 is 12.1. The Morgan fingerprint density at radius 2 is 1.68 bits per heavy atom. The van der Waals surface area contributed by atoms with Gasteiger partial charge in [0.05, 0.1) is 11.2 Å². The smallest absolute Gasteiger partial charge is 0.0731 e. The molecule has 22 heavy (non-hydrogen) atoms. The lowest BCUT2D eigenvalue weighted by atomic mass is 10.1. The van der Waals surface area contributed by atoms with Gasteiger partial charge in [0.1, 0.15) is 0 Å². The Morgan fingerprint density at radius 3 is 2.55 bits per heavy atom. The Morgan fingerprint density at radius 1 is 0.909 bits per heavy atom. The third-order valence-electron chi connectivity index (χ3n) is 3.88. The van der Waals surface area contributed by atoms with Crippen LogP contribution in [0.15, 0.2) is 54.7 Å². The Balaban J connectivity index is 1.97. The van der Waals surface area contributed by atoms with Crippen LogP contribution in [0.4, 0.5) is 0 Å². The summed E-state index contributed by atoms with van der Waals surface area (Å²) in [6, 6.07) is 15.7. The summed E-state index contributed by atoms with van der Waals surface area (Å²) in [5, 5.41) is 3.65. The topological polar surface area (TPSA) is 17.8 Å². The highest BCUT2D eigenvalue weighted by Gasteiger charge is 2.11. The van der Waals surface area contributed by atoms with Crippen LogP contribution in [0.3, 0.4) is 0 Å². The zero-order chi connectivity index (χ0) is 15.3. The zero-order valence-electron chi connectivity index (χ0n) is 11.8. The van der Waals surface area contributed by atoms with Gasteiger partial charge in [0.25, 0.3) is 0 Å². The summed E-state index contributed by atoms with van der Waals surface area (Å²) in [7, 11) is 2.02. The lowest BCUT2D eigenvalue weighted by Gasteiger charge is -2.03. The molecule has 108 valence electrons. The summed E-state index contributed by atoms with van der Waals surface area (Å²) in [6.07, 6.45) is 2.09. The van der Waals surface area contributed by atoms with E-state index < -0.39 is 0 Å². The van der Waals surface area contributed by atoms with E-state index in [1.54, 1.807) is 0 Å². The van der Waals surface area contributed by atoms with Crippen molar-refractivity contribution in [3.8, 4) is 11.3 Å². The molecule has 4 rings (SSSR count). The summed E-state index contributed by atoms with van der Waals surface area (Å²) in [5.74, 6) is 0. The van der Waals surface area contributed by atoms with Crippen molar-refractivity contribution < 1.29 is 0 Å². The van der Waals surface area contributed by atoms with Crippen molar-refractivity contribution in [2.24, 2.45) is 7.05 Å². The van der Waals surface area contributed by atoms with E-state index in [0.29, 0.717) is 0 Å². The molecule has 0 fully saturated rings. The first-order valence-electron chi connectivity index (χ1n) is 6.93. The van der Waals surface area contributed by atoms with E-state index in [9.17, 15) is 0 Å². The van der Waals surface area contributed by atoms with Crippen LogP contribution < -0.4 is 0 Å². The summed E-state index contributed by atoms with van der Waals surface area (Å²) in [4.78, 5) is 4.77. The zero-order valence-corrected chi connectivity index (χ0v) is 13.4. The van der Waals surface area contributed by atoms with Crippen LogP contribution in [0.1, 0.15) is 0 Å². The first kappa shape index (κ1) is 13.6. The predicted octanol–water partition coefficient (Wildman–Crippen LogP) is 5.70. The lowest BCUT2D eigenvalue weighted by molar-refractivity contribution is 0.969. The minimum absolute atomic E-state index is 0.724. The standard InChI is InChI=1S/C18H12Cl2N2/c1-22-10-15(14-5-3-13(20)9-18(14)22)17-6-2-11-8-12(19)4-7-16(11)21-17/h2-10H,1H3. The maximum atomic E-state index is 6.10. The number of rotatable bonds is 1. The molecule has 0 atom stereocenters. The van der Waals surface area contributed by atoms with Gasteiger partial charge in [-0.05, 0) is 36.4 Å². The first-order valence-corrected chi connectivity index (χ1v) is 7.69. The number of nitrogens with zero attached hydrogens (tertiary/aromatic N) is 2. The molecule has 0 saturated carbocycles. The number of hydrogen-bond acceptors (Lipinski definition) is 1. The lowest BCUT2D eigenvalue weighted by Crippen LogP contribution is -1.85. The Bertz CT molecular complexity index is 1020. The molecular weight excluding hydrogens is 315 g/mol. The predicted molar refractivity (Wildman–Crippen MR) is 93.7 cm³/mol. The maximum Gasteiger partial charge on any atom is 0.0731 e. The number of pyridine rings is 1. The second kappa shape index (κ2) is 5.01. The van der Waals surface area contributed by atoms with Gasteiger partial charge in [-0.2, -0.15) is 0 Å². The number of halogens is 2. The average molecular weight is 327 g/mol. The highest BCUT2D eigenvalue weighted by atomic mass is 35.5. The van der Waals surface area contributed by atoms with Crippen molar-refractivity contribution in [3.63, 3.8) is 0 Å². The number of fused-ring (bicyclic) bond motifs is 2. The molecule has 0 spiro atoms. The fraction of sp³-hybridized carbons (Fsp3) is 0.0556. The van der Waals surface area contributed by atoms with Gasteiger partial charge in [0.2, 0.25) is 0 Å². The van der Waals surface area contributed by atoms with Crippen molar-refractivity contribution in [2.75, 3.05) is 0 Å². The van der Waals surface area contributed by atoms with E-state index >= 15 is 0 Å². The molecule has 2 aromatic carbocycles. The Kier molecular flexibility index (Phi) is 3.10. The molecule has 2 heterocycles. The second-order valence-electron chi connectivity index (χ2n) is 5.35. The largest absolute Gasteiger partial charge is 0.350 e. The highest BCUT2D eigenvalue weighted by Crippen LogP contribution is 2.32. The van der Waals surface area contributed by atoms with Crippen LogP contribution in [0.25, 0.3) is 33.1 Å². The molecule has 0 N–H and O–H groups in total. The molecule has 0 aliphatic rings. The van der Waals surface area contributed by atoms with Gasteiger partial charge in [0.15, 0.2) is 0 Å². The molecule has 0 aliphatic carbocycles. The Labute approximate surface area is 137 Å². The molecule has 0 radical (unpaired) electrons. The van der Waals surface area contributed by atoms with Gasteiger partial charge in [-0.3, -0.25) is 0 Å². The van der Waals surface area contributed by atoms with Gasteiger partial charge >= 0.3 is 0 Å². The minimum atomic E-state index is 0.724. The van der Waals surface area contributed by atoms with Crippen molar-refractivity contribution in [3.05, 3.63) is 64.8 Å². The molecular formula is C18H12Cl2N2. The van der Waals surface area contributed by atoms with Crippen LogP contribution in [-0.4, -0.2) is 9.55 Å². The van der Waals surface area contributed by atoms with Crippen LogP contribution >= 0.6 is 23.2 Å².